The van der Waals surface area contributed by atoms with Gasteiger partial charge in [-0.25, -0.2) is 22.8 Å². The van der Waals surface area contributed by atoms with E-state index in [4.69, 9.17) is 16.3 Å². The molecule has 2 atom stereocenters. The minimum absolute atomic E-state index is 0.0102. The monoisotopic (exact) mass is 770 g/mol. The van der Waals surface area contributed by atoms with Gasteiger partial charge in [-0.15, -0.1) is 0 Å². The molecule has 17 nitrogen and oxygen atoms in total. The Morgan fingerprint density at radius 2 is 1.71 bits per heavy atom. The Labute approximate surface area is 294 Å². The first-order valence-electron chi connectivity index (χ1n) is 14.7. The molecule has 2 aliphatic rings. The average Bonchev–Trinajstić information content (AvgIpc) is 3.06. The molecular formula is C29H24BClF3N4O13P. The van der Waals surface area contributed by atoms with Crippen molar-refractivity contribution in [1.29, 1.82) is 0 Å². The van der Waals surface area contributed by atoms with Crippen LogP contribution < -0.4 is 20.6 Å². The van der Waals surface area contributed by atoms with Gasteiger partial charge in [-0.1, -0.05) is 29.8 Å². The summed E-state index contributed by atoms with van der Waals surface area (Å²) >= 11 is 6.01. The molecule has 0 radical (unpaired) electrons. The van der Waals surface area contributed by atoms with Gasteiger partial charge in [0.15, 0.2) is 23.1 Å². The van der Waals surface area contributed by atoms with Crippen molar-refractivity contribution < 1.29 is 76.5 Å². The standard InChI is InChI=1S/C29H24BClF3N4O13P/c31-19-12(2-5-15(39)23(19)40)10-37-7-8-38(27(43)26(37)42)29(46)36-22(13-3-6-16(52(48,49)50)21(34)20(13)33)25(41)35-17-9-11-1-4-14(32)18(28(44)45)24(11)51-30(17)47/h1-6,17,22,39-40,47H,7-10H2,(H,35,41)(H,36,46)(H,44,45)(H2,48,49,50). The minimum atomic E-state index is -5.39. The van der Waals surface area contributed by atoms with Crippen LogP contribution in [0.4, 0.5) is 18.0 Å². The summed E-state index contributed by atoms with van der Waals surface area (Å²) in [4.78, 5) is 84.6. The molecule has 2 unspecified atom stereocenters. The third-order valence-electron chi connectivity index (χ3n) is 8.09. The lowest BCUT2D eigenvalue weighted by Gasteiger charge is -2.34. The largest absolute Gasteiger partial charge is 0.547 e. The van der Waals surface area contributed by atoms with Gasteiger partial charge in [0.05, 0.1) is 11.0 Å². The van der Waals surface area contributed by atoms with E-state index >= 15 is 4.39 Å². The first-order valence-corrected chi connectivity index (χ1v) is 16.6. The number of carbonyl (C=O) groups is 5. The number of halogens is 4. The molecule has 0 spiro atoms. The van der Waals surface area contributed by atoms with E-state index in [1.54, 1.807) is 0 Å². The summed E-state index contributed by atoms with van der Waals surface area (Å²) in [5, 5.41) is 41.9. The first-order chi connectivity index (χ1) is 24.3. The number of carboxylic acids is 1. The van der Waals surface area contributed by atoms with E-state index < -0.39 is 121 Å². The number of piperazine rings is 1. The normalized spacial score (nSPS) is 16.6. The van der Waals surface area contributed by atoms with Gasteiger partial charge in [0.25, 0.3) is 0 Å². The van der Waals surface area contributed by atoms with Crippen LogP contribution in [0.2, 0.25) is 5.02 Å². The third-order valence-corrected chi connectivity index (χ3v) is 9.48. The number of imide groups is 1. The fraction of sp³-hybridized carbons (Fsp3) is 0.207. The number of rotatable bonds is 8. The lowest BCUT2D eigenvalue weighted by atomic mass is 9.72. The molecule has 0 aromatic heterocycles. The van der Waals surface area contributed by atoms with Gasteiger partial charge in [-0.05, 0) is 35.7 Å². The van der Waals surface area contributed by atoms with Gasteiger partial charge in [-0.2, -0.15) is 0 Å². The molecule has 8 N–H and O–H groups in total. The Bertz CT molecular complexity index is 2090. The average molecular weight is 771 g/mol. The lowest BCUT2D eigenvalue weighted by Crippen LogP contribution is -2.60. The number of phenols is 2. The molecule has 3 aromatic carbocycles. The van der Waals surface area contributed by atoms with E-state index in [0.717, 1.165) is 23.1 Å². The Balaban J connectivity index is 1.41. The van der Waals surface area contributed by atoms with Crippen LogP contribution >= 0.6 is 19.2 Å². The smallest absolute Gasteiger partial charge is 0.534 e. The van der Waals surface area contributed by atoms with Crippen molar-refractivity contribution in [3.05, 3.63) is 81.1 Å². The first kappa shape index (κ1) is 37.9. The Morgan fingerprint density at radius 1 is 1.02 bits per heavy atom. The fourth-order valence-electron chi connectivity index (χ4n) is 5.46. The topological polar surface area (TPSA) is 264 Å². The summed E-state index contributed by atoms with van der Waals surface area (Å²) in [6, 6.07) is 1.40. The molecule has 3 aromatic rings. The van der Waals surface area contributed by atoms with Crippen LogP contribution in [0.25, 0.3) is 0 Å². The summed E-state index contributed by atoms with van der Waals surface area (Å²) < 4.78 is 61.3. The molecule has 23 heteroatoms. The van der Waals surface area contributed by atoms with Crippen molar-refractivity contribution >= 4 is 61.3 Å². The van der Waals surface area contributed by atoms with Crippen LogP contribution in [0, 0.1) is 17.5 Å². The van der Waals surface area contributed by atoms with E-state index in [1.807, 2.05) is 5.32 Å². The summed E-state index contributed by atoms with van der Waals surface area (Å²) in [5.41, 5.74) is -1.84. The quantitative estimate of drug-likeness (QED) is 0.0670. The van der Waals surface area contributed by atoms with E-state index in [9.17, 15) is 67.4 Å². The van der Waals surface area contributed by atoms with Gasteiger partial charge in [-0.3, -0.25) is 23.8 Å². The van der Waals surface area contributed by atoms with Crippen molar-refractivity contribution in [2.45, 2.75) is 24.9 Å². The van der Waals surface area contributed by atoms with Gasteiger partial charge in [0.2, 0.25) is 5.91 Å². The van der Waals surface area contributed by atoms with Gasteiger partial charge in [0, 0.05) is 25.2 Å². The van der Waals surface area contributed by atoms with Crippen LogP contribution in [0.15, 0.2) is 36.4 Å². The summed E-state index contributed by atoms with van der Waals surface area (Å²) in [5.74, 6) is -14.5. The molecule has 274 valence electrons. The van der Waals surface area contributed by atoms with Gasteiger partial charge in [0.1, 0.15) is 28.5 Å². The number of carboxylic acid groups (broad SMARTS) is 1. The molecule has 0 bridgehead atoms. The molecule has 0 aliphatic carbocycles. The Kier molecular flexibility index (Phi) is 10.5. The second-order valence-electron chi connectivity index (χ2n) is 11.4. The van der Waals surface area contributed by atoms with Gasteiger partial charge < -0.3 is 50.3 Å². The maximum absolute atomic E-state index is 15.4. The van der Waals surface area contributed by atoms with Crippen molar-refractivity contribution in [3.63, 3.8) is 0 Å². The van der Waals surface area contributed by atoms with Crippen LogP contribution in [0.3, 0.4) is 0 Å². The predicted octanol–water partition coefficient (Wildman–Crippen LogP) is 0.431. The minimum Gasteiger partial charge on any atom is -0.534 e. The zero-order chi connectivity index (χ0) is 38.4. The fourth-order valence-corrected chi connectivity index (χ4v) is 6.30. The molecular weight excluding hydrogens is 747 g/mol. The van der Waals surface area contributed by atoms with Crippen molar-refractivity contribution in [3.8, 4) is 17.2 Å². The zero-order valence-corrected chi connectivity index (χ0v) is 27.6. The number of carbonyl (C=O) groups excluding carboxylic acids is 4. The number of hydrogen-bond acceptors (Lipinski definition) is 10. The molecule has 5 amide bonds. The van der Waals surface area contributed by atoms with Crippen molar-refractivity contribution in [1.82, 2.24) is 20.4 Å². The van der Waals surface area contributed by atoms with E-state index in [-0.39, 0.29) is 29.2 Å². The van der Waals surface area contributed by atoms with Crippen molar-refractivity contribution in [2.75, 3.05) is 13.1 Å². The second-order valence-corrected chi connectivity index (χ2v) is 13.3. The van der Waals surface area contributed by atoms with Gasteiger partial charge >= 0.3 is 38.5 Å². The number of benzene rings is 3. The molecule has 2 heterocycles. The number of fused-ring (bicyclic) bond motifs is 1. The highest BCUT2D eigenvalue weighted by molar-refractivity contribution is 7.60. The number of aromatic hydroxyl groups is 2. The second kappa shape index (κ2) is 14.4. The molecule has 5 rings (SSSR count). The summed E-state index contributed by atoms with van der Waals surface area (Å²) in [6.45, 7) is -1.23. The highest BCUT2D eigenvalue weighted by atomic mass is 35.5. The Hall–Kier alpha value is -5.34. The van der Waals surface area contributed by atoms with Crippen LogP contribution in [-0.4, -0.2) is 95.8 Å². The highest BCUT2D eigenvalue weighted by Crippen LogP contribution is 2.38. The number of nitrogens with zero attached hydrogens (tertiary/aromatic N) is 2. The van der Waals surface area contributed by atoms with E-state index in [1.165, 1.54) is 6.07 Å². The van der Waals surface area contributed by atoms with Crippen LogP contribution in [0.1, 0.15) is 33.1 Å². The third kappa shape index (κ3) is 7.21. The highest BCUT2D eigenvalue weighted by Gasteiger charge is 2.43. The number of amides is 5. The van der Waals surface area contributed by atoms with E-state index in [2.05, 4.69) is 5.32 Å². The molecule has 52 heavy (non-hydrogen) atoms. The molecule has 1 saturated heterocycles. The number of phenolic OH excluding ortho intramolecular Hbond substituents is 2. The number of urea groups is 1. The number of aromatic carboxylic acids is 1. The molecule has 1 fully saturated rings. The SMILES string of the molecule is O=C(O)c1c(F)ccc2c1OB(O)C(NC(=O)C(NC(=O)N1CCN(Cc3ccc(O)c(O)c3Cl)C(=O)C1=O)c1ccc(P(=O)(O)O)c(F)c1F)C2. The number of hydrogen-bond donors (Lipinski definition) is 8. The van der Waals surface area contributed by atoms with Crippen molar-refractivity contribution in [2.24, 2.45) is 0 Å². The zero-order valence-electron chi connectivity index (χ0n) is 25.9. The molecule has 0 saturated carbocycles. The van der Waals surface area contributed by atoms with Crippen LogP contribution in [0.5, 0.6) is 17.2 Å². The number of nitrogens with one attached hydrogen (secondary N) is 2. The maximum atomic E-state index is 15.4. The van der Waals surface area contributed by atoms with E-state index in [0.29, 0.717) is 17.0 Å². The summed E-state index contributed by atoms with van der Waals surface area (Å²) in [6.07, 6.45) is -0.421. The molecule has 2 aliphatic heterocycles. The maximum Gasteiger partial charge on any atom is 0.547 e. The van der Waals surface area contributed by atoms with Crippen LogP contribution in [-0.2, 0) is 31.9 Å². The lowest BCUT2D eigenvalue weighted by molar-refractivity contribution is -0.154. The predicted molar refractivity (Wildman–Crippen MR) is 169 cm³/mol. The Morgan fingerprint density at radius 3 is 2.37 bits per heavy atom. The summed E-state index contributed by atoms with van der Waals surface area (Å²) in [7, 11) is -7.46.